The van der Waals surface area contributed by atoms with Crippen molar-refractivity contribution >= 4 is 30.1 Å². The highest BCUT2D eigenvalue weighted by molar-refractivity contribution is 7.99. The summed E-state index contributed by atoms with van der Waals surface area (Å²) in [6, 6.07) is 9.67. The van der Waals surface area contributed by atoms with Crippen molar-refractivity contribution in [2.45, 2.75) is 31.4 Å². The second kappa shape index (κ2) is 10.9. The number of nitrogens with one attached hydrogen (secondary N) is 1. The van der Waals surface area contributed by atoms with Crippen molar-refractivity contribution in [3.05, 3.63) is 35.9 Å². The molecule has 0 saturated carbocycles. The predicted octanol–water partition coefficient (Wildman–Crippen LogP) is 2.53. The fourth-order valence-electron chi connectivity index (χ4n) is 2.31. The number of ether oxygens (including phenoxy) is 1. The first-order valence-corrected chi connectivity index (χ1v) is 8.68. The Morgan fingerprint density at radius 1 is 1.36 bits per heavy atom. The third-order valence-corrected chi connectivity index (χ3v) is 4.63. The van der Waals surface area contributed by atoms with Gasteiger partial charge in [0, 0.05) is 24.9 Å². The Morgan fingerprint density at radius 3 is 2.82 bits per heavy atom. The number of carbonyl (C=O) groups excluding carboxylic acids is 1. The number of thioether (sulfide) groups is 1. The van der Waals surface area contributed by atoms with Crippen LogP contribution in [0.2, 0.25) is 0 Å². The summed E-state index contributed by atoms with van der Waals surface area (Å²) < 4.78 is 5.64. The molecule has 1 amide bonds. The van der Waals surface area contributed by atoms with Crippen molar-refractivity contribution in [1.82, 2.24) is 5.32 Å². The van der Waals surface area contributed by atoms with Crippen molar-refractivity contribution in [2.24, 2.45) is 5.73 Å². The number of benzene rings is 1. The molecule has 2 unspecified atom stereocenters. The molecular formula is C16H25ClN2O2S. The van der Waals surface area contributed by atoms with E-state index in [4.69, 9.17) is 10.5 Å². The normalized spacial score (nSPS) is 19.0. The summed E-state index contributed by atoms with van der Waals surface area (Å²) in [4.78, 5) is 11.8. The third-order valence-electron chi connectivity index (χ3n) is 3.56. The largest absolute Gasteiger partial charge is 0.377 e. The predicted molar refractivity (Wildman–Crippen MR) is 94.5 cm³/mol. The Balaban J connectivity index is 0.00000242. The molecule has 1 saturated heterocycles. The second-order valence-electron chi connectivity index (χ2n) is 5.32. The summed E-state index contributed by atoms with van der Waals surface area (Å²) in [5, 5.41) is 2.89. The lowest BCUT2D eigenvalue weighted by Crippen LogP contribution is -2.33. The first-order chi connectivity index (χ1) is 10.3. The minimum Gasteiger partial charge on any atom is -0.377 e. The van der Waals surface area contributed by atoms with Gasteiger partial charge in [-0.25, -0.2) is 0 Å². The lowest BCUT2D eigenvalue weighted by molar-refractivity contribution is -0.118. The second-order valence-corrected chi connectivity index (χ2v) is 6.36. The van der Waals surface area contributed by atoms with Gasteiger partial charge in [0.05, 0.1) is 11.9 Å². The van der Waals surface area contributed by atoms with E-state index in [9.17, 15) is 4.79 Å². The van der Waals surface area contributed by atoms with Gasteiger partial charge in [-0.2, -0.15) is 0 Å². The van der Waals surface area contributed by atoms with Crippen LogP contribution in [0.5, 0.6) is 0 Å². The van der Waals surface area contributed by atoms with Crippen LogP contribution in [-0.4, -0.2) is 36.7 Å². The topological polar surface area (TPSA) is 64.3 Å². The number of rotatable bonds is 7. The SMILES string of the molecule is Cl.NC(CNC(=O)CSCC1CCCCO1)c1ccccc1. The fraction of sp³-hybridized carbons (Fsp3) is 0.562. The Kier molecular flexibility index (Phi) is 9.55. The Labute approximate surface area is 143 Å². The highest BCUT2D eigenvalue weighted by Crippen LogP contribution is 2.17. The smallest absolute Gasteiger partial charge is 0.230 e. The summed E-state index contributed by atoms with van der Waals surface area (Å²) in [6.45, 7) is 1.34. The van der Waals surface area contributed by atoms with Crippen LogP contribution in [0.4, 0.5) is 0 Å². The molecule has 124 valence electrons. The maximum absolute atomic E-state index is 11.8. The van der Waals surface area contributed by atoms with Gasteiger partial charge in [-0.1, -0.05) is 30.3 Å². The van der Waals surface area contributed by atoms with Gasteiger partial charge < -0.3 is 15.8 Å². The van der Waals surface area contributed by atoms with E-state index < -0.39 is 0 Å². The van der Waals surface area contributed by atoms with Gasteiger partial charge in [0.25, 0.3) is 0 Å². The van der Waals surface area contributed by atoms with Gasteiger partial charge in [0.2, 0.25) is 5.91 Å². The fourth-order valence-corrected chi connectivity index (χ4v) is 3.25. The highest BCUT2D eigenvalue weighted by atomic mass is 35.5. The molecule has 2 rings (SSSR count). The van der Waals surface area contributed by atoms with Crippen LogP contribution in [0.25, 0.3) is 0 Å². The number of nitrogens with two attached hydrogens (primary N) is 1. The van der Waals surface area contributed by atoms with E-state index in [1.807, 2.05) is 30.3 Å². The van der Waals surface area contributed by atoms with Crippen molar-refractivity contribution in [1.29, 1.82) is 0 Å². The number of carbonyl (C=O) groups is 1. The van der Waals surface area contributed by atoms with Crippen LogP contribution in [-0.2, 0) is 9.53 Å². The average Bonchev–Trinajstić information content (AvgIpc) is 2.54. The Bertz CT molecular complexity index is 427. The monoisotopic (exact) mass is 344 g/mol. The molecule has 1 aliphatic rings. The van der Waals surface area contributed by atoms with Gasteiger partial charge in [-0.15, -0.1) is 24.2 Å². The average molecular weight is 345 g/mol. The standard InChI is InChI=1S/C16H24N2O2S.ClH/c17-15(13-6-2-1-3-7-13)10-18-16(19)12-21-11-14-8-4-5-9-20-14;/h1-3,6-7,14-15H,4-5,8-12,17H2,(H,18,19);1H. The van der Waals surface area contributed by atoms with E-state index in [1.54, 1.807) is 11.8 Å². The van der Waals surface area contributed by atoms with Gasteiger partial charge in [0.15, 0.2) is 0 Å². The third kappa shape index (κ3) is 7.01. The van der Waals surface area contributed by atoms with E-state index in [1.165, 1.54) is 12.8 Å². The molecule has 0 aromatic heterocycles. The first kappa shape index (κ1) is 19.3. The number of hydrogen-bond donors (Lipinski definition) is 2. The van der Waals surface area contributed by atoms with Crippen LogP contribution in [0.1, 0.15) is 30.9 Å². The molecule has 1 aromatic carbocycles. The highest BCUT2D eigenvalue weighted by Gasteiger charge is 2.14. The lowest BCUT2D eigenvalue weighted by atomic mass is 10.1. The summed E-state index contributed by atoms with van der Waals surface area (Å²) in [6.07, 6.45) is 3.85. The Morgan fingerprint density at radius 2 is 2.14 bits per heavy atom. The van der Waals surface area contributed by atoms with Gasteiger partial charge >= 0.3 is 0 Å². The van der Waals surface area contributed by atoms with Gasteiger partial charge in [0.1, 0.15) is 0 Å². The zero-order chi connectivity index (χ0) is 14.9. The van der Waals surface area contributed by atoms with Crippen molar-refractivity contribution in [3.63, 3.8) is 0 Å². The summed E-state index contributed by atoms with van der Waals surface area (Å²) in [5.41, 5.74) is 7.09. The molecule has 6 heteroatoms. The molecule has 1 aliphatic heterocycles. The summed E-state index contributed by atoms with van der Waals surface area (Å²) in [7, 11) is 0. The summed E-state index contributed by atoms with van der Waals surface area (Å²) in [5.74, 6) is 1.42. The van der Waals surface area contributed by atoms with Gasteiger partial charge in [-0.3, -0.25) is 4.79 Å². The number of halogens is 1. The molecule has 0 radical (unpaired) electrons. The molecule has 1 heterocycles. The molecule has 3 N–H and O–H groups in total. The van der Waals surface area contributed by atoms with E-state index in [2.05, 4.69) is 5.32 Å². The van der Waals surface area contributed by atoms with Crippen LogP contribution < -0.4 is 11.1 Å². The zero-order valence-electron chi connectivity index (χ0n) is 12.7. The van der Waals surface area contributed by atoms with Crippen molar-refractivity contribution < 1.29 is 9.53 Å². The Hall–Kier alpha value is -0.750. The van der Waals surface area contributed by atoms with Crippen LogP contribution in [0, 0.1) is 0 Å². The van der Waals surface area contributed by atoms with Crippen LogP contribution in [0.3, 0.4) is 0 Å². The summed E-state index contributed by atoms with van der Waals surface area (Å²) >= 11 is 1.64. The van der Waals surface area contributed by atoms with Crippen molar-refractivity contribution in [2.75, 3.05) is 24.7 Å². The van der Waals surface area contributed by atoms with E-state index in [-0.39, 0.29) is 24.4 Å². The molecule has 1 aromatic rings. The van der Waals surface area contributed by atoms with Crippen LogP contribution in [0.15, 0.2) is 30.3 Å². The molecular weight excluding hydrogens is 320 g/mol. The minimum atomic E-state index is -0.151. The molecule has 2 atom stereocenters. The zero-order valence-corrected chi connectivity index (χ0v) is 14.3. The lowest BCUT2D eigenvalue weighted by Gasteiger charge is -2.22. The van der Waals surface area contributed by atoms with Crippen LogP contribution >= 0.6 is 24.2 Å². The quantitative estimate of drug-likeness (QED) is 0.797. The molecule has 22 heavy (non-hydrogen) atoms. The molecule has 0 aliphatic carbocycles. The number of hydrogen-bond acceptors (Lipinski definition) is 4. The molecule has 1 fully saturated rings. The maximum Gasteiger partial charge on any atom is 0.230 e. The van der Waals surface area contributed by atoms with Crippen molar-refractivity contribution in [3.8, 4) is 0 Å². The molecule has 0 bridgehead atoms. The van der Waals surface area contributed by atoms with Gasteiger partial charge in [-0.05, 0) is 24.8 Å². The van der Waals surface area contributed by atoms with E-state index in [0.717, 1.165) is 24.3 Å². The van der Waals surface area contributed by atoms with E-state index in [0.29, 0.717) is 18.4 Å². The van der Waals surface area contributed by atoms with E-state index >= 15 is 0 Å². The number of amides is 1. The maximum atomic E-state index is 11.8. The first-order valence-electron chi connectivity index (χ1n) is 7.52. The minimum absolute atomic E-state index is 0. The molecule has 4 nitrogen and oxygen atoms in total. The molecule has 0 spiro atoms.